The first kappa shape index (κ1) is 36.7. The van der Waals surface area contributed by atoms with Gasteiger partial charge in [0.25, 0.3) is 0 Å². The Hall–Kier alpha value is 3.87. The van der Waals surface area contributed by atoms with Crippen molar-refractivity contribution in [2.24, 2.45) is 0 Å². The van der Waals surface area contributed by atoms with Crippen LogP contribution in [0.1, 0.15) is 0 Å². The molecule has 0 aromatic heterocycles. The van der Waals surface area contributed by atoms with Crippen LogP contribution in [0.5, 0.6) is 0 Å². The fourth-order valence-corrected chi connectivity index (χ4v) is 0. The van der Waals surface area contributed by atoms with Gasteiger partial charge >= 0.3 is 77.7 Å². The Morgan fingerprint density at radius 3 is 0.600 bits per heavy atom. The molecule has 0 atom stereocenters. The molecule has 0 saturated carbocycles. The summed E-state index contributed by atoms with van der Waals surface area (Å²) in [5, 5.41) is 0. The summed E-state index contributed by atoms with van der Waals surface area (Å²) in [6.07, 6.45) is 0. The smallest absolute Gasteiger partial charge is 1.00 e. The molecule has 0 nitrogen and oxygen atoms in total. The second-order valence-electron chi connectivity index (χ2n) is 0. The van der Waals surface area contributed by atoms with Crippen molar-refractivity contribution in [2.75, 3.05) is 0 Å². The molecule has 24 valence electrons. The van der Waals surface area contributed by atoms with Gasteiger partial charge in [-0.2, -0.15) is 0 Å². The average Bonchev–Trinajstić information content (AvgIpc) is 0. The van der Waals surface area contributed by atoms with E-state index in [1.54, 1.807) is 0 Å². The normalized spacial score (nSPS) is 0. The van der Waals surface area contributed by atoms with E-state index in [9.17, 15) is 0 Å². The SMILES string of the molecule is [Br-].[Br-].[Br-].[Rb+].[Zn+2]. The van der Waals surface area contributed by atoms with Crippen LogP contribution in [0, 0.1) is 0 Å². The van der Waals surface area contributed by atoms with Crippen LogP contribution in [0.4, 0.5) is 0 Å². The van der Waals surface area contributed by atoms with E-state index in [1.165, 1.54) is 0 Å². The molecule has 0 spiro atoms. The number of halogens is 3. The van der Waals surface area contributed by atoms with Crippen LogP contribution in [-0.4, -0.2) is 0 Å². The van der Waals surface area contributed by atoms with Gasteiger partial charge in [0.2, 0.25) is 0 Å². The van der Waals surface area contributed by atoms with E-state index >= 15 is 0 Å². The second-order valence-corrected chi connectivity index (χ2v) is 0. The summed E-state index contributed by atoms with van der Waals surface area (Å²) in [6.45, 7) is 0. The van der Waals surface area contributed by atoms with Gasteiger partial charge in [-0.3, -0.25) is 0 Å². The predicted molar refractivity (Wildman–Crippen MR) is 0 cm³/mol. The minimum Gasteiger partial charge on any atom is -1.00 e. The van der Waals surface area contributed by atoms with Crippen LogP contribution in [0.2, 0.25) is 0 Å². The Labute approximate surface area is 125 Å². The first-order valence-corrected chi connectivity index (χ1v) is 0. The zero-order valence-corrected chi connectivity index (χ0v) is 15.5. The third-order valence-electron chi connectivity index (χ3n) is 0. The van der Waals surface area contributed by atoms with Crippen LogP contribution < -0.4 is 109 Å². The Morgan fingerprint density at radius 2 is 0.600 bits per heavy atom. The van der Waals surface area contributed by atoms with Crippen molar-refractivity contribution >= 4 is 0 Å². The molecule has 0 amide bonds. The van der Waals surface area contributed by atoms with E-state index in [0.29, 0.717) is 0 Å². The van der Waals surface area contributed by atoms with Crippen molar-refractivity contribution in [2.45, 2.75) is 0 Å². The van der Waals surface area contributed by atoms with Crippen molar-refractivity contribution in [1.82, 2.24) is 0 Å². The standard InChI is InChI=1S/3BrH.Rb.Zn/h3*1H;;/q;;;+1;+2/p-3. The van der Waals surface area contributed by atoms with Crippen LogP contribution in [0.15, 0.2) is 0 Å². The summed E-state index contributed by atoms with van der Waals surface area (Å²) >= 11 is 0. The summed E-state index contributed by atoms with van der Waals surface area (Å²) in [5.74, 6) is 0. The Kier molecular flexibility index (Phi) is 182. The first-order valence-electron chi connectivity index (χ1n) is 0. The molecule has 0 saturated heterocycles. The van der Waals surface area contributed by atoms with Crippen molar-refractivity contribution in [3.63, 3.8) is 0 Å². The molecule has 0 radical (unpaired) electrons. The molecular formula is Br3RbZn. The zero-order valence-electron chi connectivity index (χ0n) is 2.84. The van der Waals surface area contributed by atoms with Gasteiger partial charge in [-0.25, -0.2) is 0 Å². The first-order chi connectivity index (χ1) is 0. The molecule has 0 N–H and O–H groups in total. The zero-order chi connectivity index (χ0) is 0. The van der Waals surface area contributed by atoms with Crippen molar-refractivity contribution in [1.29, 1.82) is 0 Å². The van der Waals surface area contributed by atoms with Gasteiger partial charge in [-0.15, -0.1) is 0 Å². The van der Waals surface area contributed by atoms with Crippen molar-refractivity contribution < 1.29 is 129 Å². The summed E-state index contributed by atoms with van der Waals surface area (Å²) in [5.41, 5.74) is 0. The van der Waals surface area contributed by atoms with E-state index in [1.807, 2.05) is 0 Å². The maximum absolute atomic E-state index is 0. The number of hydrogen-bond donors (Lipinski definition) is 0. The van der Waals surface area contributed by atoms with Gasteiger partial charge in [0.15, 0.2) is 0 Å². The largest absolute Gasteiger partial charge is 2.00 e. The van der Waals surface area contributed by atoms with Gasteiger partial charge in [-0.1, -0.05) is 0 Å². The molecule has 0 aromatic rings. The average molecular weight is 391 g/mol. The maximum Gasteiger partial charge on any atom is 2.00 e. The summed E-state index contributed by atoms with van der Waals surface area (Å²) in [4.78, 5) is 0. The molecule has 0 rings (SSSR count). The molecule has 0 aromatic carbocycles. The summed E-state index contributed by atoms with van der Waals surface area (Å²) < 4.78 is 0. The minimum atomic E-state index is 0. The van der Waals surface area contributed by atoms with Gasteiger partial charge in [0.1, 0.15) is 0 Å². The predicted octanol–water partition coefficient (Wildman–Crippen LogP) is -12.0. The Bertz CT molecular complexity index is 6.85. The van der Waals surface area contributed by atoms with Gasteiger partial charge < -0.3 is 50.9 Å². The molecular weight excluding hydrogens is 391 g/mol. The summed E-state index contributed by atoms with van der Waals surface area (Å²) in [7, 11) is 0. The molecule has 0 fully saturated rings. The molecule has 0 aliphatic rings. The quantitative estimate of drug-likeness (QED) is 0.361. The fourth-order valence-electron chi connectivity index (χ4n) is 0. The molecule has 5 heavy (non-hydrogen) atoms. The van der Waals surface area contributed by atoms with Gasteiger partial charge in [0.05, 0.1) is 0 Å². The van der Waals surface area contributed by atoms with E-state index < -0.39 is 0 Å². The van der Waals surface area contributed by atoms with Crippen LogP contribution in [0.25, 0.3) is 0 Å². The molecule has 5 heteroatoms. The molecule has 0 aliphatic heterocycles. The molecule has 0 aliphatic carbocycles. The third-order valence-corrected chi connectivity index (χ3v) is 0. The topological polar surface area (TPSA) is 0 Å². The number of rotatable bonds is 0. The minimum absolute atomic E-state index is 0. The molecule has 0 heterocycles. The maximum atomic E-state index is 0. The second kappa shape index (κ2) is 24.8. The fraction of sp³-hybridized carbons (Fsp3) is 0. The van der Waals surface area contributed by atoms with E-state index in [2.05, 4.69) is 0 Å². The van der Waals surface area contributed by atoms with E-state index in [-0.39, 0.29) is 129 Å². The molecule has 0 unspecified atom stereocenters. The summed E-state index contributed by atoms with van der Waals surface area (Å²) in [6, 6.07) is 0. The van der Waals surface area contributed by atoms with E-state index in [0.717, 1.165) is 0 Å². The Morgan fingerprint density at radius 1 is 0.600 bits per heavy atom. The van der Waals surface area contributed by atoms with Crippen LogP contribution >= 0.6 is 0 Å². The monoisotopic (exact) mass is 386 g/mol. The van der Waals surface area contributed by atoms with Gasteiger partial charge in [-0.05, 0) is 0 Å². The van der Waals surface area contributed by atoms with Crippen LogP contribution in [0.3, 0.4) is 0 Å². The van der Waals surface area contributed by atoms with E-state index in [4.69, 9.17) is 0 Å². The third kappa shape index (κ3) is 18.1. The molecule has 0 bridgehead atoms. The van der Waals surface area contributed by atoms with Crippen LogP contribution in [-0.2, 0) is 19.5 Å². The van der Waals surface area contributed by atoms with Crippen molar-refractivity contribution in [3.8, 4) is 0 Å². The van der Waals surface area contributed by atoms with Gasteiger partial charge in [0, 0.05) is 0 Å². The van der Waals surface area contributed by atoms with Crippen molar-refractivity contribution in [3.05, 3.63) is 0 Å². The number of hydrogen-bond acceptors (Lipinski definition) is 0. The Balaban J connectivity index is 0.